The van der Waals surface area contributed by atoms with Crippen LogP contribution in [0.4, 0.5) is 11.6 Å². The topological polar surface area (TPSA) is 99.2 Å². The zero-order valence-electron chi connectivity index (χ0n) is 16.7. The molecule has 0 spiro atoms. The summed E-state index contributed by atoms with van der Waals surface area (Å²) in [5.41, 5.74) is 8.80. The molecule has 1 heterocycles. The molecule has 3 N–H and O–H groups in total. The Bertz CT molecular complexity index is 938. The molecule has 1 aromatic heterocycles. The van der Waals surface area contributed by atoms with Gasteiger partial charge >= 0.3 is 0 Å². The van der Waals surface area contributed by atoms with Crippen molar-refractivity contribution >= 4 is 39.0 Å². The number of hydrogen-bond acceptors (Lipinski definition) is 6. The molecule has 0 atom stereocenters. The third-order valence-electron chi connectivity index (χ3n) is 4.07. The van der Waals surface area contributed by atoms with E-state index in [4.69, 9.17) is 12.2 Å². The summed E-state index contributed by atoms with van der Waals surface area (Å²) in [5, 5.41) is 3.28. The SMILES string of the molecule is CCN(CC)S(=O)(=O)c1ccc(C)c(NC(=S)NNc2nc(C)cc(C)n2)c1. The molecule has 0 unspecified atom stereocenters. The number of anilines is 2. The molecule has 0 bridgehead atoms. The third-order valence-corrected chi connectivity index (χ3v) is 6.32. The van der Waals surface area contributed by atoms with Gasteiger partial charge in [0, 0.05) is 30.2 Å². The monoisotopic (exact) mass is 422 g/mol. The van der Waals surface area contributed by atoms with Crippen LogP contribution in [0.1, 0.15) is 30.8 Å². The summed E-state index contributed by atoms with van der Waals surface area (Å²) < 4.78 is 26.9. The molecule has 0 aliphatic heterocycles. The van der Waals surface area contributed by atoms with E-state index >= 15 is 0 Å². The van der Waals surface area contributed by atoms with Crippen molar-refractivity contribution in [2.24, 2.45) is 0 Å². The van der Waals surface area contributed by atoms with Crippen molar-refractivity contribution in [3.05, 3.63) is 41.2 Å². The Kier molecular flexibility index (Phi) is 7.28. The highest BCUT2D eigenvalue weighted by atomic mass is 32.2. The molecule has 0 amide bonds. The van der Waals surface area contributed by atoms with Gasteiger partial charge in [0.1, 0.15) is 0 Å². The van der Waals surface area contributed by atoms with Crippen LogP contribution in [0.3, 0.4) is 0 Å². The number of nitrogens with one attached hydrogen (secondary N) is 3. The van der Waals surface area contributed by atoms with Gasteiger partial charge in [-0.3, -0.25) is 10.9 Å². The van der Waals surface area contributed by atoms with E-state index in [0.717, 1.165) is 17.0 Å². The Morgan fingerprint density at radius 3 is 2.25 bits per heavy atom. The second-order valence-corrected chi connectivity index (χ2v) is 8.59. The number of hydrazine groups is 1. The Balaban J connectivity index is 2.14. The highest BCUT2D eigenvalue weighted by molar-refractivity contribution is 7.89. The van der Waals surface area contributed by atoms with Crippen molar-refractivity contribution < 1.29 is 8.42 Å². The first-order valence-corrected chi connectivity index (χ1v) is 10.8. The van der Waals surface area contributed by atoms with Crippen LogP contribution in [0, 0.1) is 20.8 Å². The van der Waals surface area contributed by atoms with Gasteiger partial charge in [-0.2, -0.15) is 4.31 Å². The van der Waals surface area contributed by atoms with Crippen molar-refractivity contribution in [2.75, 3.05) is 23.8 Å². The number of thiocarbonyl (C=S) groups is 1. The van der Waals surface area contributed by atoms with E-state index in [-0.39, 0.29) is 10.0 Å². The molecule has 1 aromatic carbocycles. The van der Waals surface area contributed by atoms with Gasteiger partial charge in [-0.1, -0.05) is 19.9 Å². The van der Waals surface area contributed by atoms with E-state index in [2.05, 4.69) is 26.1 Å². The highest BCUT2D eigenvalue weighted by Gasteiger charge is 2.22. The largest absolute Gasteiger partial charge is 0.331 e. The first kappa shape index (κ1) is 22.0. The summed E-state index contributed by atoms with van der Waals surface area (Å²) in [5.74, 6) is 0.399. The summed E-state index contributed by atoms with van der Waals surface area (Å²) >= 11 is 5.29. The fourth-order valence-electron chi connectivity index (χ4n) is 2.66. The van der Waals surface area contributed by atoms with Crippen LogP contribution < -0.4 is 16.2 Å². The van der Waals surface area contributed by atoms with Crippen LogP contribution in [0.2, 0.25) is 0 Å². The molecule has 28 heavy (non-hydrogen) atoms. The summed E-state index contributed by atoms with van der Waals surface area (Å²) in [7, 11) is -3.55. The molecule has 0 aliphatic rings. The minimum absolute atomic E-state index is 0.220. The van der Waals surface area contributed by atoms with Crippen LogP contribution >= 0.6 is 12.2 Å². The van der Waals surface area contributed by atoms with Crippen molar-refractivity contribution in [2.45, 2.75) is 39.5 Å². The third kappa shape index (κ3) is 5.37. The van der Waals surface area contributed by atoms with Crippen LogP contribution in [0.25, 0.3) is 0 Å². The van der Waals surface area contributed by atoms with Crippen molar-refractivity contribution in [1.82, 2.24) is 19.7 Å². The second kappa shape index (κ2) is 9.26. The molecule has 2 rings (SSSR count). The van der Waals surface area contributed by atoms with Crippen LogP contribution in [-0.2, 0) is 10.0 Å². The molecular weight excluding hydrogens is 396 g/mol. The average molecular weight is 423 g/mol. The van der Waals surface area contributed by atoms with Crippen LogP contribution in [0.15, 0.2) is 29.2 Å². The molecule has 0 aliphatic carbocycles. The molecular formula is C18H26N6O2S2. The van der Waals surface area contributed by atoms with Crippen molar-refractivity contribution in [1.29, 1.82) is 0 Å². The van der Waals surface area contributed by atoms with E-state index in [0.29, 0.717) is 24.7 Å². The molecule has 0 saturated carbocycles. The zero-order chi connectivity index (χ0) is 20.9. The fourth-order valence-corrected chi connectivity index (χ4v) is 4.30. The number of rotatable bonds is 7. The molecule has 0 fully saturated rings. The predicted octanol–water partition coefficient (Wildman–Crippen LogP) is 2.75. The van der Waals surface area contributed by atoms with E-state index in [1.54, 1.807) is 18.2 Å². The maximum Gasteiger partial charge on any atom is 0.243 e. The number of aromatic nitrogens is 2. The lowest BCUT2D eigenvalue weighted by atomic mass is 10.2. The Morgan fingerprint density at radius 1 is 1.07 bits per heavy atom. The molecule has 0 radical (unpaired) electrons. The van der Waals surface area contributed by atoms with Crippen molar-refractivity contribution in [3.8, 4) is 0 Å². The smallest absolute Gasteiger partial charge is 0.243 e. The summed E-state index contributed by atoms with van der Waals surface area (Å²) in [6, 6.07) is 6.81. The highest BCUT2D eigenvalue weighted by Crippen LogP contribution is 2.23. The minimum Gasteiger partial charge on any atom is -0.331 e. The van der Waals surface area contributed by atoms with Crippen molar-refractivity contribution in [3.63, 3.8) is 0 Å². The molecule has 8 nitrogen and oxygen atoms in total. The number of sulfonamides is 1. The summed E-state index contributed by atoms with van der Waals surface area (Å²) in [4.78, 5) is 8.74. The predicted molar refractivity (Wildman–Crippen MR) is 116 cm³/mol. The standard InChI is InChI=1S/C18H26N6O2S2/c1-6-24(7-2)28(25,26)15-9-8-12(3)16(11-15)21-18(27)23-22-17-19-13(4)10-14(5)20-17/h8-11H,6-7H2,1-5H3,(H,19,20,22)(H2,21,23,27). The molecule has 2 aromatic rings. The lowest BCUT2D eigenvalue weighted by Crippen LogP contribution is -2.34. The Morgan fingerprint density at radius 2 is 1.68 bits per heavy atom. The molecule has 152 valence electrons. The van der Waals surface area contributed by atoms with Gasteiger partial charge in [-0.05, 0) is 56.8 Å². The number of hydrogen-bond donors (Lipinski definition) is 3. The molecule has 0 saturated heterocycles. The number of aryl methyl sites for hydroxylation is 3. The summed E-state index contributed by atoms with van der Waals surface area (Å²) in [6.07, 6.45) is 0. The Hall–Kier alpha value is -2.30. The average Bonchev–Trinajstić information content (AvgIpc) is 2.61. The lowest BCUT2D eigenvalue weighted by molar-refractivity contribution is 0.445. The first-order chi connectivity index (χ1) is 13.2. The number of benzene rings is 1. The lowest BCUT2D eigenvalue weighted by Gasteiger charge is -2.20. The normalized spacial score (nSPS) is 11.4. The van der Waals surface area contributed by atoms with Gasteiger partial charge in [-0.25, -0.2) is 18.4 Å². The van der Waals surface area contributed by atoms with Gasteiger partial charge in [0.2, 0.25) is 16.0 Å². The second-order valence-electron chi connectivity index (χ2n) is 6.24. The summed E-state index contributed by atoms with van der Waals surface area (Å²) in [6.45, 7) is 10.1. The minimum atomic E-state index is -3.55. The maximum atomic E-state index is 12.7. The van der Waals surface area contributed by atoms with Gasteiger partial charge in [-0.15, -0.1) is 0 Å². The van der Waals surface area contributed by atoms with E-state index in [9.17, 15) is 8.42 Å². The van der Waals surface area contributed by atoms with E-state index in [1.807, 2.05) is 40.7 Å². The van der Waals surface area contributed by atoms with Gasteiger partial charge in [0.15, 0.2) is 5.11 Å². The van der Waals surface area contributed by atoms with Crippen LogP contribution in [-0.4, -0.2) is 40.9 Å². The first-order valence-electron chi connectivity index (χ1n) is 8.93. The number of nitrogens with zero attached hydrogens (tertiary/aromatic N) is 3. The van der Waals surface area contributed by atoms with Gasteiger partial charge < -0.3 is 5.32 Å². The van der Waals surface area contributed by atoms with E-state index < -0.39 is 10.0 Å². The Labute approximate surface area is 171 Å². The van der Waals surface area contributed by atoms with E-state index in [1.165, 1.54) is 4.31 Å². The zero-order valence-corrected chi connectivity index (χ0v) is 18.3. The van der Waals surface area contributed by atoms with Gasteiger partial charge in [0.25, 0.3) is 0 Å². The maximum absolute atomic E-state index is 12.7. The molecule has 10 heteroatoms. The quantitative estimate of drug-likeness (QED) is 0.463. The fraction of sp³-hybridized carbons (Fsp3) is 0.389. The van der Waals surface area contributed by atoms with Gasteiger partial charge in [0.05, 0.1) is 4.90 Å². The van der Waals surface area contributed by atoms with Crippen LogP contribution in [0.5, 0.6) is 0 Å².